The molecule has 1 N–H and O–H groups in total. The highest BCUT2D eigenvalue weighted by atomic mass is 15.2. The summed E-state index contributed by atoms with van der Waals surface area (Å²) in [5.74, 6) is 0.593. The van der Waals surface area contributed by atoms with E-state index in [-0.39, 0.29) is 0 Å². The Morgan fingerprint density at radius 1 is 0.808 bits per heavy atom. The molecule has 2 aromatic rings. The number of nitrogens with one attached hydrogen (secondary N) is 1. The second kappa shape index (κ2) is 8.83. The van der Waals surface area contributed by atoms with E-state index >= 15 is 0 Å². The normalized spacial score (nSPS) is 25.2. The SMILES string of the molecule is c1ccc(CN2CC[C@H](NC3CCCCC3)[C@H](c3ccccc3)C2)cc1. The fourth-order valence-corrected chi connectivity index (χ4v) is 4.81. The molecule has 2 atom stereocenters. The largest absolute Gasteiger partial charge is 0.311 e. The first-order valence-electron chi connectivity index (χ1n) is 10.5. The van der Waals surface area contributed by atoms with E-state index in [0.717, 1.165) is 19.1 Å². The summed E-state index contributed by atoms with van der Waals surface area (Å²) >= 11 is 0. The molecule has 1 saturated carbocycles. The van der Waals surface area contributed by atoms with Gasteiger partial charge in [-0.3, -0.25) is 4.90 Å². The predicted molar refractivity (Wildman–Crippen MR) is 109 cm³/mol. The molecule has 0 radical (unpaired) electrons. The van der Waals surface area contributed by atoms with E-state index in [9.17, 15) is 0 Å². The Kier molecular flexibility index (Phi) is 6.03. The molecule has 1 aliphatic carbocycles. The third-order valence-electron chi connectivity index (χ3n) is 6.23. The van der Waals surface area contributed by atoms with Crippen LogP contribution in [-0.4, -0.2) is 30.1 Å². The van der Waals surface area contributed by atoms with Crippen LogP contribution in [0.1, 0.15) is 55.6 Å². The molecular weight excluding hydrogens is 316 g/mol. The minimum Gasteiger partial charge on any atom is -0.311 e. The van der Waals surface area contributed by atoms with Crippen LogP contribution in [0.15, 0.2) is 60.7 Å². The van der Waals surface area contributed by atoms with E-state index in [1.54, 1.807) is 0 Å². The van der Waals surface area contributed by atoms with Gasteiger partial charge in [0, 0.05) is 37.6 Å². The van der Waals surface area contributed by atoms with E-state index in [4.69, 9.17) is 0 Å². The summed E-state index contributed by atoms with van der Waals surface area (Å²) < 4.78 is 0. The van der Waals surface area contributed by atoms with Gasteiger partial charge in [0.15, 0.2) is 0 Å². The van der Waals surface area contributed by atoms with Gasteiger partial charge >= 0.3 is 0 Å². The fourth-order valence-electron chi connectivity index (χ4n) is 4.81. The van der Waals surface area contributed by atoms with Crippen LogP contribution in [0.4, 0.5) is 0 Å². The van der Waals surface area contributed by atoms with Crippen molar-refractivity contribution in [2.24, 2.45) is 0 Å². The van der Waals surface area contributed by atoms with Crippen molar-refractivity contribution < 1.29 is 0 Å². The monoisotopic (exact) mass is 348 g/mol. The van der Waals surface area contributed by atoms with Crippen molar-refractivity contribution >= 4 is 0 Å². The molecule has 0 unspecified atom stereocenters. The highest BCUT2D eigenvalue weighted by Gasteiger charge is 2.31. The van der Waals surface area contributed by atoms with E-state index in [0.29, 0.717) is 12.0 Å². The van der Waals surface area contributed by atoms with Crippen molar-refractivity contribution in [2.75, 3.05) is 13.1 Å². The average Bonchev–Trinajstić information content (AvgIpc) is 2.71. The van der Waals surface area contributed by atoms with Crippen molar-refractivity contribution in [1.29, 1.82) is 0 Å². The van der Waals surface area contributed by atoms with Crippen molar-refractivity contribution in [3.8, 4) is 0 Å². The fraction of sp³-hybridized carbons (Fsp3) is 0.500. The third-order valence-corrected chi connectivity index (χ3v) is 6.23. The lowest BCUT2D eigenvalue weighted by atomic mass is 9.84. The van der Waals surface area contributed by atoms with Gasteiger partial charge < -0.3 is 5.32 Å². The van der Waals surface area contributed by atoms with Crippen LogP contribution < -0.4 is 5.32 Å². The molecule has 2 aromatic carbocycles. The van der Waals surface area contributed by atoms with Gasteiger partial charge in [0.25, 0.3) is 0 Å². The second-order valence-corrected chi connectivity index (χ2v) is 8.13. The lowest BCUT2D eigenvalue weighted by Crippen LogP contribution is -2.51. The van der Waals surface area contributed by atoms with Gasteiger partial charge in [0.1, 0.15) is 0 Å². The molecule has 1 heterocycles. The maximum atomic E-state index is 4.06. The molecule has 1 saturated heterocycles. The molecule has 0 spiro atoms. The molecule has 2 aliphatic rings. The zero-order valence-electron chi connectivity index (χ0n) is 15.8. The Morgan fingerprint density at radius 3 is 2.23 bits per heavy atom. The molecule has 2 nitrogen and oxygen atoms in total. The number of nitrogens with zero attached hydrogens (tertiary/aromatic N) is 1. The van der Waals surface area contributed by atoms with Crippen LogP contribution in [-0.2, 0) is 6.54 Å². The summed E-state index contributed by atoms with van der Waals surface area (Å²) in [6.07, 6.45) is 8.22. The van der Waals surface area contributed by atoms with Crippen molar-refractivity contribution in [3.63, 3.8) is 0 Å². The van der Waals surface area contributed by atoms with Gasteiger partial charge in [-0.25, -0.2) is 0 Å². The zero-order chi connectivity index (χ0) is 17.6. The van der Waals surface area contributed by atoms with Gasteiger partial charge in [0.05, 0.1) is 0 Å². The van der Waals surface area contributed by atoms with E-state index < -0.39 is 0 Å². The smallest absolute Gasteiger partial charge is 0.0234 e. The maximum absolute atomic E-state index is 4.06. The summed E-state index contributed by atoms with van der Waals surface area (Å²) in [6, 6.07) is 23.5. The Bertz CT molecular complexity index is 648. The Labute approximate surface area is 158 Å². The first-order valence-corrected chi connectivity index (χ1v) is 10.5. The molecule has 0 aromatic heterocycles. The molecule has 4 rings (SSSR count). The quantitative estimate of drug-likeness (QED) is 0.821. The van der Waals surface area contributed by atoms with Gasteiger partial charge in [0.2, 0.25) is 0 Å². The minimum absolute atomic E-state index is 0.593. The third kappa shape index (κ3) is 4.55. The van der Waals surface area contributed by atoms with Crippen LogP contribution >= 0.6 is 0 Å². The summed E-state index contributed by atoms with van der Waals surface area (Å²) in [5, 5.41) is 4.06. The molecule has 2 fully saturated rings. The molecule has 0 amide bonds. The van der Waals surface area contributed by atoms with E-state index in [1.165, 1.54) is 56.2 Å². The zero-order valence-corrected chi connectivity index (χ0v) is 15.8. The van der Waals surface area contributed by atoms with Gasteiger partial charge in [-0.1, -0.05) is 79.9 Å². The van der Waals surface area contributed by atoms with Crippen LogP contribution in [0.2, 0.25) is 0 Å². The maximum Gasteiger partial charge on any atom is 0.0234 e. The van der Waals surface area contributed by atoms with Crippen LogP contribution in [0.25, 0.3) is 0 Å². The molecule has 26 heavy (non-hydrogen) atoms. The Balaban J connectivity index is 1.46. The number of piperidine rings is 1. The Morgan fingerprint density at radius 2 is 1.50 bits per heavy atom. The summed E-state index contributed by atoms with van der Waals surface area (Å²) in [5.41, 5.74) is 2.93. The van der Waals surface area contributed by atoms with Crippen molar-refractivity contribution in [2.45, 2.75) is 63.1 Å². The molecule has 0 bridgehead atoms. The number of hydrogen-bond acceptors (Lipinski definition) is 2. The van der Waals surface area contributed by atoms with Crippen molar-refractivity contribution in [1.82, 2.24) is 10.2 Å². The van der Waals surface area contributed by atoms with Crippen LogP contribution in [0, 0.1) is 0 Å². The lowest BCUT2D eigenvalue weighted by Gasteiger charge is -2.41. The number of rotatable bonds is 5. The standard InChI is InChI=1S/C24H32N2/c1-4-10-20(11-5-1)18-26-17-16-24(25-22-14-8-3-9-15-22)23(19-26)21-12-6-2-7-13-21/h1-2,4-7,10-13,22-25H,3,8-9,14-19H2/t23-,24-/m0/s1. The number of benzene rings is 2. The molecular formula is C24H32N2. The average molecular weight is 349 g/mol. The van der Waals surface area contributed by atoms with E-state index in [2.05, 4.69) is 70.9 Å². The summed E-state index contributed by atoms with van der Waals surface area (Å²) in [7, 11) is 0. The molecule has 138 valence electrons. The van der Waals surface area contributed by atoms with Crippen molar-refractivity contribution in [3.05, 3.63) is 71.8 Å². The highest BCUT2D eigenvalue weighted by Crippen LogP contribution is 2.30. The first kappa shape index (κ1) is 17.8. The van der Waals surface area contributed by atoms with E-state index in [1.807, 2.05) is 0 Å². The molecule has 2 heteroatoms. The second-order valence-electron chi connectivity index (χ2n) is 8.13. The predicted octanol–water partition coefficient (Wildman–Crippen LogP) is 4.97. The topological polar surface area (TPSA) is 15.3 Å². The van der Waals surface area contributed by atoms with Crippen LogP contribution in [0.3, 0.4) is 0 Å². The summed E-state index contributed by atoms with van der Waals surface area (Å²) in [4.78, 5) is 2.64. The summed E-state index contributed by atoms with van der Waals surface area (Å²) in [6.45, 7) is 3.42. The van der Waals surface area contributed by atoms with Gasteiger partial charge in [-0.15, -0.1) is 0 Å². The van der Waals surface area contributed by atoms with Gasteiger partial charge in [-0.2, -0.15) is 0 Å². The first-order chi connectivity index (χ1) is 12.9. The minimum atomic E-state index is 0.593. The molecule has 1 aliphatic heterocycles. The van der Waals surface area contributed by atoms with Crippen LogP contribution in [0.5, 0.6) is 0 Å². The highest BCUT2D eigenvalue weighted by molar-refractivity contribution is 5.23. The number of hydrogen-bond donors (Lipinski definition) is 1. The Hall–Kier alpha value is -1.64. The number of likely N-dealkylation sites (tertiary alicyclic amines) is 1. The lowest BCUT2D eigenvalue weighted by molar-refractivity contribution is 0.155. The van der Waals surface area contributed by atoms with Gasteiger partial charge in [-0.05, 0) is 30.4 Å².